The zero-order valence-corrected chi connectivity index (χ0v) is 17.2. The van der Waals surface area contributed by atoms with Gasteiger partial charge < -0.3 is 19.7 Å². The van der Waals surface area contributed by atoms with E-state index >= 15 is 0 Å². The maximum absolute atomic E-state index is 13.8. The minimum atomic E-state index is -1.11. The van der Waals surface area contributed by atoms with Gasteiger partial charge in [-0.25, -0.2) is 18.7 Å². The van der Waals surface area contributed by atoms with E-state index in [2.05, 4.69) is 15.3 Å². The summed E-state index contributed by atoms with van der Waals surface area (Å²) in [4.78, 5) is 21.8. The summed E-state index contributed by atoms with van der Waals surface area (Å²) in [5.41, 5.74) is 0.0485. The Hall–Kier alpha value is -3.17. The largest absolute Gasteiger partial charge is 0.390 e. The third-order valence-corrected chi connectivity index (χ3v) is 6.17. The predicted molar refractivity (Wildman–Crippen MR) is 113 cm³/mol. The minimum absolute atomic E-state index is 0.235. The Bertz CT molecular complexity index is 1210. The van der Waals surface area contributed by atoms with Gasteiger partial charge in [0.1, 0.15) is 5.54 Å². The molecule has 2 aromatic heterocycles. The first-order chi connectivity index (χ1) is 15.5. The molecule has 1 aliphatic heterocycles. The average molecular weight is 440 g/mol. The van der Waals surface area contributed by atoms with E-state index in [0.717, 1.165) is 25.0 Å². The number of aliphatic hydroxyl groups excluding tert-OH is 1. The molecule has 5 rings (SSSR count). The highest BCUT2D eigenvalue weighted by atomic mass is 19.2. The number of nitrogens with zero attached hydrogens (tertiary/aromatic N) is 3. The molecule has 32 heavy (non-hydrogen) atoms. The molecule has 2 atom stereocenters. The Morgan fingerprint density at radius 3 is 2.59 bits per heavy atom. The van der Waals surface area contributed by atoms with Crippen molar-refractivity contribution in [1.82, 2.24) is 14.5 Å². The van der Waals surface area contributed by atoms with Crippen molar-refractivity contribution < 1.29 is 18.6 Å². The number of benzene rings is 1. The quantitative estimate of drug-likeness (QED) is 0.634. The van der Waals surface area contributed by atoms with E-state index in [9.17, 15) is 18.7 Å². The molecule has 2 fully saturated rings. The Kier molecular flexibility index (Phi) is 5.22. The van der Waals surface area contributed by atoms with E-state index in [-0.39, 0.29) is 18.0 Å². The van der Waals surface area contributed by atoms with Gasteiger partial charge in [-0.3, -0.25) is 4.79 Å². The molecule has 1 aromatic carbocycles. The molecule has 0 amide bonds. The van der Waals surface area contributed by atoms with Gasteiger partial charge in [-0.05, 0) is 42.7 Å². The monoisotopic (exact) mass is 440 g/mol. The molecule has 3 heterocycles. The Balaban J connectivity index is 1.44. The molecule has 1 saturated carbocycles. The van der Waals surface area contributed by atoms with Gasteiger partial charge in [0, 0.05) is 49.7 Å². The minimum Gasteiger partial charge on any atom is -0.390 e. The van der Waals surface area contributed by atoms with E-state index in [1.807, 2.05) is 0 Å². The third-order valence-electron chi connectivity index (χ3n) is 6.17. The standard InChI is InChI=1S/C23H22F2N4O3/c24-17-2-1-15(12-18(17)25)23(13-20(23)30)29-8-4-14(11-21(29)31)19-3-7-26-22(28-19)27-16-5-9-32-10-6-16/h1-4,7-8,11-12,16,20,30H,5-6,9-10,13H2,(H,26,27,28). The summed E-state index contributed by atoms with van der Waals surface area (Å²) in [6.45, 7) is 1.39. The van der Waals surface area contributed by atoms with Crippen molar-refractivity contribution in [2.75, 3.05) is 18.5 Å². The smallest absolute Gasteiger partial charge is 0.252 e. The van der Waals surface area contributed by atoms with E-state index < -0.39 is 23.3 Å². The van der Waals surface area contributed by atoms with Crippen LogP contribution in [0.2, 0.25) is 0 Å². The average Bonchev–Trinajstić information content (AvgIpc) is 3.48. The molecule has 1 aliphatic carbocycles. The molecule has 166 valence electrons. The van der Waals surface area contributed by atoms with Crippen molar-refractivity contribution in [3.8, 4) is 11.3 Å². The topological polar surface area (TPSA) is 89.3 Å². The Morgan fingerprint density at radius 1 is 1.12 bits per heavy atom. The number of aromatic nitrogens is 3. The van der Waals surface area contributed by atoms with E-state index in [0.29, 0.717) is 36.0 Å². The lowest BCUT2D eigenvalue weighted by molar-refractivity contribution is 0.0903. The summed E-state index contributed by atoms with van der Waals surface area (Å²) in [5.74, 6) is -1.51. The number of hydrogen-bond donors (Lipinski definition) is 2. The number of ether oxygens (including phenoxy) is 1. The normalized spacial score (nSPS) is 23.2. The van der Waals surface area contributed by atoms with Crippen molar-refractivity contribution in [3.63, 3.8) is 0 Å². The van der Waals surface area contributed by atoms with Crippen molar-refractivity contribution in [1.29, 1.82) is 0 Å². The van der Waals surface area contributed by atoms with Gasteiger partial charge in [-0.15, -0.1) is 0 Å². The van der Waals surface area contributed by atoms with Gasteiger partial charge >= 0.3 is 0 Å². The molecule has 2 N–H and O–H groups in total. The van der Waals surface area contributed by atoms with Gasteiger partial charge in [0.25, 0.3) is 5.56 Å². The van der Waals surface area contributed by atoms with E-state index in [1.165, 1.54) is 16.7 Å². The number of rotatable bonds is 5. The van der Waals surface area contributed by atoms with Crippen LogP contribution in [-0.2, 0) is 10.3 Å². The summed E-state index contributed by atoms with van der Waals surface area (Å²) < 4.78 is 33.9. The lowest BCUT2D eigenvalue weighted by Gasteiger charge is -2.23. The fourth-order valence-electron chi connectivity index (χ4n) is 4.29. The first-order valence-electron chi connectivity index (χ1n) is 10.5. The predicted octanol–water partition coefficient (Wildman–Crippen LogP) is 2.68. The molecule has 3 aromatic rings. The number of pyridine rings is 1. The molecule has 0 bridgehead atoms. The van der Waals surface area contributed by atoms with Crippen LogP contribution < -0.4 is 10.9 Å². The fourth-order valence-corrected chi connectivity index (χ4v) is 4.29. The van der Waals surface area contributed by atoms with Gasteiger partial charge in [0.15, 0.2) is 11.6 Å². The van der Waals surface area contributed by atoms with Crippen LogP contribution in [0.1, 0.15) is 24.8 Å². The molecule has 9 heteroatoms. The van der Waals surface area contributed by atoms with E-state index in [1.54, 1.807) is 24.5 Å². The highest BCUT2D eigenvalue weighted by molar-refractivity contribution is 5.59. The zero-order valence-electron chi connectivity index (χ0n) is 17.2. The Labute approximate surface area is 182 Å². The number of halogens is 2. The number of aliphatic hydroxyl groups is 1. The summed E-state index contributed by atoms with van der Waals surface area (Å²) in [7, 11) is 0. The van der Waals surface area contributed by atoms with Crippen LogP contribution in [0.4, 0.5) is 14.7 Å². The fraction of sp³-hybridized carbons (Fsp3) is 0.348. The summed E-state index contributed by atoms with van der Waals surface area (Å²) in [6, 6.07) is 8.52. The molecule has 1 saturated heterocycles. The van der Waals surface area contributed by atoms with Crippen molar-refractivity contribution in [3.05, 3.63) is 76.3 Å². The maximum Gasteiger partial charge on any atom is 0.252 e. The molecular weight excluding hydrogens is 418 g/mol. The first-order valence-corrected chi connectivity index (χ1v) is 10.5. The maximum atomic E-state index is 13.8. The van der Waals surface area contributed by atoms with Crippen LogP contribution in [0, 0.1) is 11.6 Å². The number of anilines is 1. The second kappa shape index (κ2) is 8.07. The van der Waals surface area contributed by atoms with Crippen LogP contribution in [0.5, 0.6) is 0 Å². The van der Waals surface area contributed by atoms with Crippen LogP contribution in [0.3, 0.4) is 0 Å². The molecular formula is C23H22F2N4O3. The van der Waals surface area contributed by atoms with Crippen LogP contribution in [-0.4, -0.2) is 45.0 Å². The van der Waals surface area contributed by atoms with Gasteiger partial charge in [-0.1, -0.05) is 6.07 Å². The van der Waals surface area contributed by atoms with Gasteiger partial charge in [0.2, 0.25) is 5.95 Å². The molecule has 0 radical (unpaired) electrons. The lowest BCUT2D eigenvalue weighted by atomic mass is 10.0. The van der Waals surface area contributed by atoms with Gasteiger partial charge in [-0.2, -0.15) is 0 Å². The number of nitrogens with one attached hydrogen (secondary N) is 1. The van der Waals surface area contributed by atoms with Crippen molar-refractivity contribution in [2.24, 2.45) is 0 Å². The summed E-state index contributed by atoms with van der Waals surface area (Å²) in [5, 5.41) is 13.6. The van der Waals surface area contributed by atoms with Crippen LogP contribution >= 0.6 is 0 Å². The Morgan fingerprint density at radius 2 is 1.91 bits per heavy atom. The first kappa shape index (κ1) is 20.7. The summed E-state index contributed by atoms with van der Waals surface area (Å²) >= 11 is 0. The zero-order chi connectivity index (χ0) is 22.3. The highest BCUT2D eigenvalue weighted by Gasteiger charge is 2.57. The van der Waals surface area contributed by atoms with Crippen LogP contribution in [0.15, 0.2) is 53.6 Å². The van der Waals surface area contributed by atoms with Gasteiger partial charge in [0.05, 0.1) is 11.8 Å². The second-order valence-electron chi connectivity index (χ2n) is 8.19. The molecule has 0 spiro atoms. The molecule has 7 nitrogen and oxygen atoms in total. The molecule has 2 unspecified atom stereocenters. The third kappa shape index (κ3) is 3.67. The van der Waals surface area contributed by atoms with E-state index in [4.69, 9.17) is 4.74 Å². The SMILES string of the molecule is O=c1cc(-c2ccnc(NC3CCOCC3)n2)ccn1C1(c2ccc(F)c(F)c2)CC1O. The van der Waals surface area contributed by atoms with Crippen molar-refractivity contribution in [2.45, 2.75) is 36.9 Å². The molecule has 2 aliphatic rings. The highest BCUT2D eigenvalue weighted by Crippen LogP contribution is 2.49. The lowest BCUT2D eigenvalue weighted by Crippen LogP contribution is -2.33. The van der Waals surface area contributed by atoms with Crippen molar-refractivity contribution >= 4 is 5.95 Å². The summed E-state index contributed by atoms with van der Waals surface area (Å²) in [6.07, 6.45) is 4.30. The number of hydrogen-bond acceptors (Lipinski definition) is 6. The van der Waals surface area contributed by atoms with Crippen LogP contribution in [0.25, 0.3) is 11.3 Å². The second-order valence-corrected chi connectivity index (χ2v) is 8.19.